The molecule has 0 fully saturated rings. The quantitative estimate of drug-likeness (QED) is 0.563. The van der Waals surface area contributed by atoms with Crippen LogP contribution in [0.5, 0.6) is 0 Å². The highest BCUT2D eigenvalue weighted by Gasteiger charge is 1.98. The maximum Gasteiger partial charge on any atom is 0.185 e. The lowest BCUT2D eigenvalue weighted by atomic mass is 10.1. The third-order valence-electron chi connectivity index (χ3n) is 2.03. The summed E-state index contributed by atoms with van der Waals surface area (Å²) in [6.07, 6.45) is 3.45. The lowest BCUT2D eigenvalue weighted by molar-refractivity contribution is 0.104. The Bertz CT molecular complexity index is 455. The molecule has 0 saturated carbocycles. The Labute approximate surface area is 92.7 Å². The van der Waals surface area contributed by atoms with Crippen molar-refractivity contribution in [3.8, 4) is 0 Å². The van der Waals surface area contributed by atoms with Gasteiger partial charge in [0.2, 0.25) is 0 Å². The molecule has 74 valence electrons. The maximum atomic E-state index is 11.7. The van der Waals surface area contributed by atoms with E-state index in [-0.39, 0.29) is 5.78 Å². The summed E-state index contributed by atoms with van der Waals surface area (Å²) in [6, 6.07) is 11.3. The minimum atomic E-state index is 0.0433. The molecule has 15 heavy (non-hydrogen) atoms. The summed E-state index contributed by atoms with van der Waals surface area (Å²) >= 11 is 1.62. The van der Waals surface area contributed by atoms with Gasteiger partial charge in [-0.3, -0.25) is 4.79 Å². The number of hydrogen-bond acceptors (Lipinski definition) is 2. The van der Waals surface area contributed by atoms with Crippen molar-refractivity contribution >= 4 is 23.2 Å². The predicted molar refractivity (Wildman–Crippen MR) is 64.1 cm³/mol. The number of rotatable bonds is 3. The zero-order chi connectivity index (χ0) is 10.5. The lowest BCUT2D eigenvalue weighted by Crippen LogP contribution is -1.92. The molecule has 2 aromatic rings. The van der Waals surface area contributed by atoms with Crippen LogP contribution in [-0.2, 0) is 0 Å². The number of hydrogen-bond donors (Lipinski definition) is 0. The van der Waals surface area contributed by atoms with E-state index in [0.29, 0.717) is 0 Å². The lowest BCUT2D eigenvalue weighted by Gasteiger charge is -1.92. The Balaban J connectivity index is 2.11. The number of thiophene rings is 1. The van der Waals surface area contributed by atoms with E-state index in [2.05, 4.69) is 0 Å². The molecule has 1 heterocycles. The van der Waals surface area contributed by atoms with E-state index in [0.717, 1.165) is 11.1 Å². The van der Waals surface area contributed by atoms with Crippen molar-refractivity contribution in [3.05, 3.63) is 64.4 Å². The van der Waals surface area contributed by atoms with Crippen LogP contribution in [0.1, 0.15) is 15.9 Å². The highest BCUT2D eigenvalue weighted by Crippen LogP contribution is 2.09. The number of benzene rings is 1. The first kappa shape index (κ1) is 9.87. The summed E-state index contributed by atoms with van der Waals surface area (Å²) in [5, 5.41) is 4.00. The predicted octanol–water partition coefficient (Wildman–Crippen LogP) is 3.64. The fraction of sp³-hybridized carbons (Fsp3) is 0. The zero-order valence-corrected chi connectivity index (χ0v) is 8.91. The van der Waals surface area contributed by atoms with Crippen LogP contribution in [0.2, 0.25) is 0 Å². The minimum Gasteiger partial charge on any atom is -0.289 e. The molecule has 2 rings (SSSR count). The van der Waals surface area contributed by atoms with E-state index in [1.807, 2.05) is 53.2 Å². The highest BCUT2D eigenvalue weighted by molar-refractivity contribution is 7.08. The molecule has 0 aliphatic heterocycles. The second-order valence-corrected chi connectivity index (χ2v) is 3.90. The van der Waals surface area contributed by atoms with Crippen molar-refractivity contribution in [2.24, 2.45) is 0 Å². The Hall–Kier alpha value is -1.67. The van der Waals surface area contributed by atoms with E-state index in [1.165, 1.54) is 0 Å². The Morgan fingerprint density at radius 1 is 1.13 bits per heavy atom. The van der Waals surface area contributed by atoms with E-state index in [4.69, 9.17) is 0 Å². The monoisotopic (exact) mass is 214 g/mol. The van der Waals surface area contributed by atoms with Gasteiger partial charge in [0, 0.05) is 5.56 Å². The molecule has 0 N–H and O–H groups in total. The molecule has 0 aliphatic rings. The maximum absolute atomic E-state index is 11.7. The summed E-state index contributed by atoms with van der Waals surface area (Å²) in [4.78, 5) is 11.7. The van der Waals surface area contributed by atoms with Gasteiger partial charge < -0.3 is 0 Å². The molecule has 0 aliphatic carbocycles. The molecule has 0 saturated heterocycles. The average Bonchev–Trinajstić information content (AvgIpc) is 2.80. The van der Waals surface area contributed by atoms with Crippen LogP contribution in [0.25, 0.3) is 6.08 Å². The standard InChI is InChI=1S/C13H10OS/c14-13(12-4-2-1-3-5-12)7-6-11-8-9-15-10-11/h1-10H. The molecule has 1 nitrogen and oxygen atoms in total. The number of carbonyl (C=O) groups excluding carboxylic acids is 1. The van der Waals surface area contributed by atoms with E-state index >= 15 is 0 Å². The molecule has 0 unspecified atom stereocenters. The molecular formula is C13H10OS. The largest absolute Gasteiger partial charge is 0.289 e. The minimum absolute atomic E-state index is 0.0433. The van der Waals surface area contributed by atoms with Gasteiger partial charge in [-0.2, -0.15) is 11.3 Å². The SMILES string of the molecule is O=C(C=Cc1ccsc1)c1ccccc1. The normalized spacial score (nSPS) is 10.7. The van der Waals surface area contributed by atoms with E-state index < -0.39 is 0 Å². The molecule has 0 amide bonds. The average molecular weight is 214 g/mol. The van der Waals surface area contributed by atoms with Gasteiger partial charge in [-0.1, -0.05) is 36.4 Å². The van der Waals surface area contributed by atoms with Crippen molar-refractivity contribution in [2.75, 3.05) is 0 Å². The van der Waals surface area contributed by atoms with Gasteiger partial charge in [-0.05, 0) is 28.5 Å². The van der Waals surface area contributed by atoms with Gasteiger partial charge in [0.1, 0.15) is 0 Å². The van der Waals surface area contributed by atoms with Crippen molar-refractivity contribution in [2.45, 2.75) is 0 Å². The molecule has 0 atom stereocenters. The molecule has 0 bridgehead atoms. The summed E-state index contributed by atoms with van der Waals surface area (Å²) in [7, 11) is 0. The van der Waals surface area contributed by atoms with Crippen LogP contribution >= 0.6 is 11.3 Å². The molecule has 0 spiro atoms. The fourth-order valence-corrected chi connectivity index (χ4v) is 1.87. The van der Waals surface area contributed by atoms with Gasteiger partial charge in [0.15, 0.2) is 5.78 Å². The fourth-order valence-electron chi connectivity index (χ4n) is 1.24. The highest BCUT2D eigenvalue weighted by atomic mass is 32.1. The summed E-state index contributed by atoms with van der Waals surface area (Å²) in [5.74, 6) is 0.0433. The van der Waals surface area contributed by atoms with Gasteiger partial charge in [-0.15, -0.1) is 0 Å². The van der Waals surface area contributed by atoms with Crippen molar-refractivity contribution in [3.63, 3.8) is 0 Å². The van der Waals surface area contributed by atoms with Gasteiger partial charge in [0.05, 0.1) is 0 Å². The molecular weight excluding hydrogens is 204 g/mol. The zero-order valence-electron chi connectivity index (χ0n) is 8.09. The third kappa shape index (κ3) is 2.64. The van der Waals surface area contributed by atoms with Crippen LogP contribution in [0.4, 0.5) is 0 Å². The van der Waals surface area contributed by atoms with Crippen LogP contribution < -0.4 is 0 Å². The van der Waals surface area contributed by atoms with E-state index in [9.17, 15) is 4.79 Å². The van der Waals surface area contributed by atoms with E-state index in [1.54, 1.807) is 17.4 Å². The third-order valence-corrected chi connectivity index (χ3v) is 2.73. The first-order valence-corrected chi connectivity index (χ1v) is 5.60. The first-order chi connectivity index (χ1) is 7.36. The Morgan fingerprint density at radius 3 is 2.60 bits per heavy atom. The molecule has 1 aromatic heterocycles. The van der Waals surface area contributed by atoms with Crippen LogP contribution in [0.3, 0.4) is 0 Å². The number of carbonyl (C=O) groups is 1. The first-order valence-electron chi connectivity index (χ1n) is 4.66. The van der Waals surface area contributed by atoms with Crippen LogP contribution in [-0.4, -0.2) is 5.78 Å². The van der Waals surface area contributed by atoms with Gasteiger partial charge in [0.25, 0.3) is 0 Å². The summed E-state index contributed by atoms with van der Waals surface area (Å²) < 4.78 is 0. The van der Waals surface area contributed by atoms with Crippen LogP contribution in [0.15, 0.2) is 53.2 Å². The number of ketones is 1. The summed E-state index contributed by atoms with van der Waals surface area (Å²) in [5.41, 5.74) is 1.80. The number of allylic oxidation sites excluding steroid dienone is 1. The second-order valence-electron chi connectivity index (χ2n) is 3.12. The smallest absolute Gasteiger partial charge is 0.185 e. The van der Waals surface area contributed by atoms with Crippen molar-refractivity contribution < 1.29 is 4.79 Å². The van der Waals surface area contributed by atoms with Gasteiger partial charge in [-0.25, -0.2) is 0 Å². The van der Waals surface area contributed by atoms with Crippen molar-refractivity contribution in [1.29, 1.82) is 0 Å². The van der Waals surface area contributed by atoms with Crippen LogP contribution in [0, 0.1) is 0 Å². The molecule has 0 radical (unpaired) electrons. The van der Waals surface area contributed by atoms with Gasteiger partial charge >= 0.3 is 0 Å². The van der Waals surface area contributed by atoms with Crippen molar-refractivity contribution in [1.82, 2.24) is 0 Å². The second kappa shape index (κ2) is 4.71. The molecule has 2 heteroatoms. The molecule has 1 aromatic carbocycles. The topological polar surface area (TPSA) is 17.1 Å². The Morgan fingerprint density at radius 2 is 1.93 bits per heavy atom. The Kier molecular flexibility index (Phi) is 3.10. The summed E-state index contributed by atoms with van der Waals surface area (Å²) in [6.45, 7) is 0.